The Morgan fingerprint density at radius 2 is 1.05 bits per heavy atom. The minimum atomic E-state index is -0.700. The van der Waals surface area contributed by atoms with E-state index in [-0.39, 0.29) is 59.5 Å². The first kappa shape index (κ1) is 49.5. The van der Waals surface area contributed by atoms with Crippen LogP contribution in [-0.2, 0) is 18.9 Å². The first-order valence-corrected chi connectivity index (χ1v) is 21.6. The van der Waals surface area contributed by atoms with Gasteiger partial charge in [0.2, 0.25) is 0 Å². The largest absolute Gasteiger partial charge is 0.506 e. The number of phenolic OH excluding ortho intramolecular Hbond substituents is 1. The van der Waals surface area contributed by atoms with Crippen LogP contribution in [0.2, 0.25) is 0 Å². The molecule has 1 fully saturated rings. The Hall–Kier alpha value is -5.97. The standard InChI is InChI=1S/C14H19BFNO3.C8H5BrFNO2.C8H7BrFNO.C8H6FNO2.C6H6FNO/c1-13(2)14(3,4)20-15(19-13)9-5-6-10-12(11(9)16)17-7-8-18-10;9-4-1-2-5-8(7(4)10)11-6(12)3-13-5;9-5-1-2-6-8(7(5)10)11-3-4-12-6;9-5-2-1-3-6-8(5)10-7(11)4-12-6;7-4-2-1-3-5(9)6(4)8/h5-6,17H,7-8H2,1-4H3;1-2H,3H2,(H,11,12);1-2,11H,3-4H2;1-3H,4H2,(H,10,11);1-3,9H,8H2. The maximum absolute atomic E-state index is 14.6. The van der Waals surface area contributed by atoms with E-state index in [0.717, 1.165) is 0 Å². The van der Waals surface area contributed by atoms with Crippen molar-refractivity contribution in [2.75, 3.05) is 66.5 Å². The lowest BCUT2D eigenvalue weighted by Crippen LogP contribution is -2.41. The first-order chi connectivity index (χ1) is 31.3. The molecule has 0 saturated carbocycles. The molecular weight excluding hydrogens is 1010 g/mol. The lowest BCUT2D eigenvalue weighted by Gasteiger charge is -2.32. The highest BCUT2D eigenvalue weighted by molar-refractivity contribution is 9.10. The van der Waals surface area contributed by atoms with Gasteiger partial charge in [-0.3, -0.25) is 9.59 Å². The zero-order valence-corrected chi connectivity index (χ0v) is 38.9. The van der Waals surface area contributed by atoms with Crippen LogP contribution in [0.4, 0.5) is 50.4 Å². The van der Waals surface area contributed by atoms with Gasteiger partial charge in [-0.25, -0.2) is 22.0 Å². The highest BCUT2D eigenvalue weighted by Crippen LogP contribution is 2.39. The highest BCUT2D eigenvalue weighted by Gasteiger charge is 2.52. The quantitative estimate of drug-likeness (QED) is 0.0408. The zero-order valence-electron chi connectivity index (χ0n) is 35.7. The number of carbonyl (C=O) groups is 2. The average Bonchev–Trinajstić information content (AvgIpc) is 3.52. The minimum Gasteiger partial charge on any atom is -0.506 e. The van der Waals surface area contributed by atoms with Crippen LogP contribution in [0.1, 0.15) is 27.7 Å². The van der Waals surface area contributed by atoms with E-state index in [1.54, 1.807) is 36.4 Å². The van der Waals surface area contributed by atoms with E-state index in [9.17, 15) is 31.5 Å². The number of para-hydroxylation sites is 2. The van der Waals surface area contributed by atoms with Crippen molar-refractivity contribution < 1.29 is 64.9 Å². The third-order valence-electron chi connectivity index (χ3n) is 10.3. The zero-order chi connectivity index (χ0) is 47.9. The van der Waals surface area contributed by atoms with E-state index in [4.69, 9.17) is 39.1 Å². The summed E-state index contributed by atoms with van der Waals surface area (Å²) in [6, 6.07) is 18.3. The average molecular weight is 1050 g/mol. The molecule has 5 aromatic rings. The summed E-state index contributed by atoms with van der Waals surface area (Å²) in [5.41, 5.74) is 5.38. The number of benzene rings is 5. The van der Waals surface area contributed by atoms with Crippen molar-refractivity contribution in [1.82, 2.24) is 0 Å². The fourth-order valence-corrected chi connectivity index (χ4v) is 6.84. The Morgan fingerprint density at radius 1 is 0.591 bits per heavy atom. The van der Waals surface area contributed by atoms with Gasteiger partial charge < -0.3 is 60.4 Å². The second-order valence-corrected chi connectivity index (χ2v) is 17.1. The molecule has 14 nitrogen and oxygen atoms in total. The maximum atomic E-state index is 14.6. The summed E-state index contributed by atoms with van der Waals surface area (Å²) in [7, 11) is -0.700. The molecule has 5 aliphatic heterocycles. The lowest BCUT2D eigenvalue weighted by atomic mass is 9.78. The summed E-state index contributed by atoms with van der Waals surface area (Å²) >= 11 is 6.12. The van der Waals surface area contributed by atoms with Gasteiger partial charge in [-0.05, 0) is 114 Å². The molecule has 2 amide bonds. The highest BCUT2D eigenvalue weighted by atomic mass is 79.9. The molecule has 0 aromatic heterocycles. The van der Waals surface area contributed by atoms with Crippen molar-refractivity contribution in [2.45, 2.75) is 38.9 Å². The van der Waals surface area contributed by atoms with Gasteiger partial charge >= 0.3 is 7.12 Å². The van der Waals surface area contributed by atoms with Gasteiger partial charge in [-0.15, -0.1) is 0 Å². The van der Waals surface area contributed by atoms with Crippen LogP contribution >= 0.6 is 31.9 Å². The molecule has 66 heavy (non-hydrogen) atoms. The molecule has 0 atom stereocenters. The van der Waals surface area contributed by atoms with Crippen molar-refractivity contribution in [1.29, 1.82) is 0 Å². The molecule has 22 heteroatoms. The topological polar surface area (TPSA) is 184 Å². The first-order valence-electron chi connectivity index (χ1n) is 20.0. The predicted molar refractivity (Wildman–Crippen MR) is 245 cm³/mol. The van der Waals surface area contributed by atoms with Crippen LogP contribution in [0, 0.1) is 29.1 Å². The fraction of sp³-hybridized carbons (Fsp3) is 0.273. The third kappa shape index (κ3) is 11.5. The van der Waals surface area contributed by atoms with E-state index in [2.05, 4.69) is 53.1 Å². The molecule has 5 aromatic carbocycles. The number of hydrogen-bond acceptors (Lipinski definition) is 12. The van der Waals surface area contributed by atoms with Gasteiger partial charge in [0.1, 0.15) is 82.0 Å². The molecule has 10 rings (SSSR count). The molecule has 0 unspecified atom stereocenters. The van der Waals surface area contributed by atoms with Crippen molar-refractivity contribution in [3.63, 3.8) is 0 Å². The van der Waals surface area contributed by atoms with E-state index in [1.807, 2.05) is 27.7 Å². The number of nitrogens with one attached hydrogen (secondary N) is 4. The van der Waals surface area contributed by atoms with E-state index in [1.165, 1.54) is 36.4 Å². The molecule has 5 heterocycles. The van der Waals surface area contributed by atoms with E-state index >= 15 is 0 Å². The van der Waals surface area contributed by atoms with Gasteiger partial charge in [-0.1, -0.05) is 18.2 Å². The second-order valence-electron chi connectivity index (χ2n) is 15.4. The Labute approximate surface area is 393 Å². The molecule has 7 N–H and O–H groups in total. The van der Waals surface area contributed by atoms with Crippen molar-refractivity contribution in [2.24, 2.45) is 0 Å². The Balaban J connectivity index is 0.000000140. The summed E-state index contributed by atoms with van der Waals surface area (Å²) in [5, 5.41) is 19.5. The summed E-state index contributed by atoms with van der Waals surface area (Å²) in [5.74, 6) is -1.23. The summed E-state index contributed by atoms with van der Waals surface area (Å²) in [6.45, 7) is 10.1. The van der Waals surface area contributed by atoms with Crippen LogP contribution in [0.25, 0.3) is 0 Å². The second kappa shape index (κ2) is 21.1. The molecule has 0 bridgehead atoms. The summed E-state index contributed by atoms with van der Waals surface area (Å²) in [6.07, 6.45) is 0. The maximum Gasteiger partial charge on any atom is 0.497 e. The number of aromatic hydroxyl groups is 1. The monoisotopic (exact) mass is 1050 g/mol. The molecular formula is C44H43BBr2F5N5O9. The van der Waals surface area contributed by atoms with Gasteiger partial charge in [0.05, 0.1) is 20.1 Å². The molecule has 0 radical (unpaired) electrons. The molecule has 350 valence electrons. The van der Waals surface area contributed by atoms with Crippen molar-refractivity contribution in [3.8, 4) is 28.7 Å². The Kier molecular flexibility index (Phi) is 15.8. The van der Waals surface area contributed by atoms with Crippen LogP contribution in [0.5, 0.6) is 28.7 Å². The smallest absolute Gasteiger partial charge is 0.497 e. The van der Waals surface area contributed by atoms with Crippen LogP contribution < -0.4 is 51.4 Å². The van der Waals surface area contributed by atoms with Gasteiger partial charge in [0.25, 0.3) is 11.8 Å². The van der Waals surface area contributed by atoms with Crippen LogP contribution in [0.3, 0.4) is 0 Å². The molecule has 0 aliphatic carbocycles. The molecule has 1 saturated heterocycles. The minimum absolute atomic E-state index is 0.0452. The fourth-order valence-electron chi connectivity index (χ4n) is 6.18. The molecule has 5 aliphatic rings. The lowest BCUT2D eigenvalue weighted by molar-refractivity contribution is -0.119. The SMILES string of the molecule is CC1(C)OB(c2ccc3c(c2F)NCCO3)OC1(C)C.Fc1c(Br)ccc2c1NCCO2.Nc1c(O)cccc1F.O=C1COc2ccc(Br)c(F)c2N1.O=C1COc2cccc(F)c2N1. The number of fused-ring (bicyclic) bond motifs is 4. The number of nitrogen functional groups attached to an aromatic ring is 1. The number of hydrogen-bond donors (Lipinski definition) is 6. The third-order valence-corrected chi connectivity index (χ3v) is 11.6. The van der Waals surface area contributed by atoms with Gasteiger partial charge in [0, 0.05) is 18.6 Å². The Bertz CT molecular complexity index is 2580. The number of nitrogens with two attached hydrogens (primary N) is 1. The number of ether oxygens (including phenoxy) is 4. The van der Waals surface area contributed by atoms with Gasteiger partial charge in [0.15, 0.2) is 30.7 Å². The molecule has 0 spiro atoms. The van der Waals surface area contributed by atoms with E-state index < -0.39 is 35.8 Å². The number of halogens is 7. The number of rotatable bonds is 1. The van der Waals surface area contributed by atoms with Crippen LogP contribution in [-0.4, -0.2) is 74.8 Å². The van der Waals surface area contributed by atoms with Crippen molar-refractivity contribution in [3.05, 3.63) is 111 Å². The number of phenols is 1. The Morgan fingerprint density at radius 3 is 1.59 bits per heavy atom. The summed E-state index contributed by atoms with van der Waals surface area (Å²) in [4.78, 5) is 21.6. The number of carbonyl (C=O) groups excluding carboxylic acids is 2. The van der Waals surface area contributed by atoms with E-state index in [0.29, 0.717) is 75.1 Å². The predicted octanol–water partition coefficient (Wildman–Crippen LogP) is 8.51. The van der Waals surface area contributed by atoms with Gasteiger partial charge in [-0.2, -0.15) is 0 Å². The number of amides is 2. The normalized spacial score (nSPS) is 16.4. The number of anilines is 5. The van der Waals surface area contributed by atoms with Crippen LogP contribution in [0.15, 0.2) is 81.7 Å². The summed E-state index contributed by atoms with van der Waals surface area (Å²) < 4.78 is 99.6. The van der Waals surface area contributed by atoms with Crippen molar-refractivity contribution >= 4 is 84.7 Å².